The van der Waals surface area contributed by atoms with E-state index in [1.807, 2.05) is 18.3 Å². The number of carbonyl (C=O) groups is 3. The number of carboxylic acid groups (broad SMARTS) is 1. The fourth-order valence-electron chi connectivity index (χ4n) is 2.91. The van der Waals surface area contributed by atoms with Gasteiger partial charge in [0.25, 0.3) is 0 Å². The van der Waals surface area contributed by atoms with E-state index in [4.69, 9.17) is 0 Å². The SMILES string of the molecule is CC1=C(O)C(C=C(CCCCCc2cccnc2)C(=O)O)=C(C)C(=O)C1=O.Cl. The van der Waals surface area contributed by atoms with Crippen LogP contribution in [0.15, 0.2) is 58.7 Å². The first-order chi connectivity index (χ1) is 12.8. The molecule has 7 heteroatoms. The minimum Gasteiger partial charge on any atom is -0.507 e. The number of Topliss-reactive ketones (excluding diaryl/α,β-unsaturated/α-hetero) is 2. The lowest BCUT2D eigenvalue weighted by atomic mass is 9.88. The summed E-state index contributed by atoms with van der Waals surface area (Å²) in [5.41, 5.74) is 1.37. The highest BCUT2D eigenvalue weighted by Crippen LogP contribution is 2.27. The van der Waals surface area contributed by atoms with E-state index in [1.54, 1.807) is 6.20 Å². The number of hydrogen-bond donors (Lipinski definition) is 2. The lowest BCUT2D eigenvalue weighted by Gasteiger charge is -2.16. The summed E-state index contributed by atoms with van der Waals surface area (Å²) in [6.45, 7) is 2.77. The molecule has 1 heterocycles. The van der Waals surface area contributed by atoms with Crippen LogP contribution in [0, 0.1) is 0 Å². The molecule has 0 atom stereocenters. The molecule has 1 aliphatic carbocycles. The van der Waals surface area contributed by atoms with Crippen LogP contribution < -0.4 is 0 Å². The summed E-state index contributed by atoms with van der Waals surface area (Å²) >= 11 is 0. The van der Waals surface area contributed by atoms with E-state index >= 15 is 0 Å². The number of ketones is 2. The first-order valence-corrected chi connectivity index (χ1v) is 8.85. The number of unbranched alkanes of at least 4 members (excludes halogenated alkanes) is 2. The monoisotopic (exact) mass is 405 g/mol. The molecule has 1 aliphatic rings. The molecule has 0 radical (unpaired) electrons. The first-order valence-electron chi connectivity index (χ1n) is 8.85. The summed E-state index contributed by atoms with van der Waals surface area (Å²) < 4.78 is 0. The van der Waals surface area contributed by atoms with Crippen molar-refractivity contribution in [3.05, 3.63) is 64.2 Å². The highest BCUT2D eigenvalue weighted by atomic mass is 35.5. The van der Waals surface area contributed by atoms with Crippen LogP contribution >= 0.6 is 12.4 Å². The van der Waals surface area contributed by atoms with E-state index in [2.05, 4.69) is 4.98 Å². The summed E-state index contributed by atoms with van der Waals surface area (Å²) in [4.78, 5) is 39.3. The molecule has 6 nitrogen and oxygen atoms in total. The third kappa shape index (κ3) is 5.63. The zero-order valence-electron chi connectivity index (χ0n) is 15.9. The summed E-state index contributed by atoms with van der Waals surface area (Å²) in [6.07, 6.45) is 8.46. The lowest BCUT2D eigenvalue weighted by molar-refractivity contribution is -0.132. The Labute approximate surface area is 170 Å². The third-order valence-electron chi connectivity index (χ3n) is 4.63. The van der Waals surface area contributed by atoms with Crippen molar-refractivity contribution in [1.29, 1.82) is 0 Å². The number of carboxylic acids is 1. The molecular weight excluding hydrogens is 382 g/mol. The van der Waals surface area contributed by atoms with Gasteiger partial charge in [-0.05, 0) is 57.2 Å². The first kappa shape index (κ1) is 23.3. The maximum atomic E-state index is 11.9. The molecular formula is C21H24ClNO5. The molecule has 0 amide bonds. The Morgan fingerprint density at radius 2 is 1.79 bits per heavy atom. The molecule has 0 saturated heterocycles. The number of aliphatic hydroxyl groups is 1. The van der Waals surface area contributed by atoms with Gasteiger partial charge in [-0.15, -0.1) is 12.4 Å². The van der Waals surface area contributed by atoms with Crippen LogP contribution in [0.2, 0.25) is 0 Å². The molecule has 28 heavy (non-hydrogen) atoms. The number of hydrogen-bond acceptors (Lipinski definition) is 5. The number of halogens is 1. The normalized spacial score (nSPS) is 15.0. The molecule has 2 N–H and O–H groups in total. The number of allylic oxidation sites excluding steroid dienone is 3. The van der Waals surface area contributed by atoms with Crippen LogP contribution in [0.5, 0.6) is 0 Å². The van der Waals surface area contributed by atoms with Crippen molar-refractivity contribution in [3.8, 4) is 0 Å². The number of aryl methyl sites for hydroxylation is 1. The van der Waals surface area contributed by atoms with Crippen LogP contribution in [0.4, 0.5) is 0 Å². The van der Waals surface area contributed by atoms with E-state index in [0.29, 0.717) is 12.8 Å². The van der Waals surface area contributed by atoms with Crippen molar-refractivity contribution in [2.45, 2.75) is 46.0 Å². The molecule has 0 saturated carbocycles. The van der Waals surface area contributed by atoms with Gasteiger partial charge in [-0.25, -0.2) is 4.79 Å². The summed E-state index contributed by atoms with van der Waals surface area (Å²) in [5, 5.41) is 19.6. The molecule has 0 bridgehead atoms. The predicted octanol–water partition coefficient (Wildman–Crippen LogP) is 3.92. The standard InChI is InChI=1S/C21H23NO5.ClH/c1-13-17(18(23)14(2)20(25)19(13)24)11-16(21(26)27)9-5-3-4-7-15-8-6-10-22-12-15;/h6,8,10-12,23H,3-5,7,9H2,1-2H3,(H,26,27);1H. The van der Waals surface area contributed by atoms with E-state index < -0.39 is 17.5 Å². The van der Waals surface area contributed by atoms with Gasteiger partial charge in [-0.3, -0.25) is 14.6 Å². The molecule has 0 spiro atoms. The number of rotatable bonds is 8. The topological polar surface area (TPSA) is 105 Å². The Kier molecular flexibility index (Phi) is 8.79. The summed E-state index contributed by atoms with van der Waals surface area (Å²) in [6, 6.07) is 3.89. The average molecular weight is 406 g/mol. The van der Waals surface area contributed by atoms with E-state index in [1.165, 1.54) is 19.9 Å². The predicted molar refractivity (Wildman–Crippen MR) is 107 cm³/mol. The van der Waals surface area contributed by atoms with Crippen LogP contribution in [-0.4, -0.2) is 32.7 Å². The second kappa shape index (κ2) is 10.6. The Morgan fingerprint density at radius 3 is 2.39 bits per heavy atom. The van der Waals surface area contributed by atoms with Gasteiger partial charge in [0.15, 0.2) is 0 Å². The second-order valence-electron chi connectivity index (χ2n) is 6.57. The molecule has 150 valence electrons. The quantitative estimate of drug-likeness (QED) is 0.294. The van der Waals surface area contributed by atoms with Crippen LogP contribution in [0.25, 0.3) is 0 Å². The number of carbonyl (C=O) groups excluding carboxylic acids is 2. The Morgan fingerprint density at radius 1 is 1.11 bits per heavy atom. The van der Waals surface area contributed by atoms with Crippen molar-refractivity contribution >= 4 is 29.9 Å². The van der Waals surface area contributed by atoms with Gasteiger partial charge in [0, 0.05) is 34.7 Å². The number of pyridine rings is 1. The second-order valence-corrected chi connectivity index (χ2v) is 6.57. The fourth-order valence-corrected chi connectivity index (χ4v) is 2.91. The number of aromatic nitrogens is 1. The minimum absolute atomic E-state index is 0. The van der Waals surface area contributed by atoms with Crippen molar-refractivity contribution in [2.75, 3.05) is 0 Å². The van der Waals surface area contributed by atoms with Crippen molar-refractivity contribution in [2.24, 2.45) is 0 Å². The van der Waals surface area contributed by atoms with E-state index in [0.717, 1.165) is 24.8 Å². The molecule has 0 aromatic carbocycles. The van der Waals surface area contributed by atoms with E-state index in [-0.39, 0.29) is 40.5 Å². The summed E-state index contributed by atoms with van der Waals surface area (Å²) in [5.74, 6) is -2.89. The van der Waals surface area contributed by atoms with Crippen LogP contribution in [-0.2, 0) is 20.8 Å². The van der Waals surface area contributed by atoms with E-state index in [9.17, 15) is 24.6 Å². The minimum atomic E-state index is -1.10. The van der Waals surface area contributed by atoms with Gasteiger partial charge in [-0.2, -0.15) is 0 Å². The van der Waals surface area contributed by atoms with Gasteiger partial charge in [0.1, 0.15) is 5.76 Å². The summed E-state index contributed by atoms with van der Waals surface area (Å²) in [7, 11) is 0. The Hall–Kier alpha value is -2.73. The smallest absolute Gasteiger partial charge is 0.331 e. The zero-order valence-corrected chi connectivity index (χ0v) is 16.7. The zero-order chi connectivity index (χ0) is 20.0. The fraction of sp³-hybridized carbons (Fsp3) is 0.333. The van der Waals surface area contributed by atoms with Gasteiger partial charge < -0.3 is 10.2 Å². The van der Waals surface area contributed by atoms with Gasteiger partial charge in [0.2, 0.25) is 11.6 Å². The van der Waals surface area contributed by atoms with Crippen molar-refractivity contribution < 1.29 is 24.6 Å². The number of aliphatic carboxylic acids is 1. The van der Waals surface area contributed by atoms with Gasteiger partial charge in [0.05, 0.1) is 0 Å². The molecule has 0 fully saturated rings. The van der Waals surface area contributed by atoms with Crippen molar-refractivity contribution in [1.82, 2.24) is 4.98 Å². The molecule has 0 unspecified atom stereocenters. The van der Waals surface area contributed by atoms with Gasteiger partial charge in [-0.1, -0.05) is 12.5 Å². The number of aliphatic hydroxyl groups excluding tert-OH is 1. The number of nitrogens with zero attached hydrogens (tertiary/aromatic N) is 1. The lowest BCUT2D eigenvalue weighted by Crippen LogP contribution is -2.23. The van der Waals surface area contributed by atoms with Crippen molar-refractivity contribution in [3.63, 3.8) is 0 Å². The largest absolute Gasteiger partial charge is 0.507 e. The molecule has 0 aliphatic heterocycles. The average Bonchev–Trinajstić information content (AvgIpc) is 2.66. The highest BCUT2D eigenvalue weighted by Gasteiger charge is 2.30. The maximum absolute atomic E-state index is 11.9. The van der Waals surface area contributed by atoms with Gasteiger partial charge >= 0.3 is 5.97 Å². The molecule has 1 aromatic rings. The Balaban J connectivity index is 0.00000392. The highest BCUT2D eigenvalue weighted by molar-refractivity contribution is 6.50. The third-order valence-corrected chi connectivity index (χ3v) is 4.63. The Bertz CT molecular complexity index is 853. The van der Waals surface area contributed by atoms with Crippen LogP contribution in [0.3, 0.4) is 0 Å². The van der Waals surface area contributed by atoms with Crippen LogP contribution in [0.1, 0.15) is 45.1 Å². The maximum Gasteiger partial charge on any atom is 0.331 e. The molecule has 1 aromatic heterocycles. The molecule has 2 rings (SSSR count).